The van der Waals surface area contributed by atoms with Gasteiger partial charge in [-0.15, -0.1) is 24.2 Å². The first-order chi connectivity index (χ1) is 8.93. The maximum atomic E-state index is 12.0. The summed E-state index contributed by atoms with van der Waals surface area (Å²) in [5, 5.41) is 7.04. The Morgan fingerprint density at radius 2 is 2.00 bits per heavy atom. The molecular weight excluding hydrogens is 315 g/mol. The Balaban J connectivity index is 0.00000361. The minimum Gasteiger partial charge on any atom is -0.325 e. The number of amides is 1. The molecule has 1 rings (SSSR count). The van der Waals surface area contributed by atoms with Crippen molar-refractivity contribution in [2.24, 2.45) is 5.92 Å². The maximum absolute atomic E-state index is 12.0. The van der Waals surface area contributed by atoms with Crippen LogP contribution < -0.4 is 10.6 Å². The number of hydrogen-bond donors (Lipinski definition) is 2. The lowest BCUT2D eigenvalue weighted by molar-refractivity contribution is -0.119. The zero-order valence-corrected chi connectivity index (χ0v) is 14.6. The molecule has 6 heteroatoms. The molecule has 0 bridgehead atoms. The second-order valence-electron chi connectivity index (χ2n) is 4.76. The molecule has 0 aliphatic heterocycles. The summed E-state index contributed by atoms with van der Waals surface area (Å²) in [7, 11) is 1.84. The first-order valence-electron chi connectivity index (χ1n) is 6.35. The van der Waals surface area contributed by atoms with Crippen LogP contribution in [0.15, 0.2) is 23.1 Å². The van der Waals surface area contributed by atoms with Crippen LogP contribution in [0.25, 0.3) is 0 Å². The second kappa shape index (κ2) is 9.50. The van der Waals surface area contributed by atoms with Crippen LogP contribution >= 0.6 is 35.8 Å². The number of rotatable bonds is 6. The molecule has 2 N–H and O–H groups in total. The largest absolute Gasteiger partial charge is 0.325 e. The van der Waals surface area contributed by atoms with Gasteiger partial charge in [0.05, 0.1) is 5.69 Å². The van der Waals surface area contributed by atoms with Crippen LogP contribution in [-0.4, -0.2) is 24.7 Å². The van der Waals surface area contributed by atoms with E-state index < -0.39 is 0 Å². The standard InChI is InChI=1S/C14H21ClN2OS.ClH/c1-9(2)19-13-6-5-11(15)7-12(13)17-14(18)10(3)8-16-4;/h5-7,9-10,16H,8H2,1-4H3,(H,17,18);1H. The van der Waals surface area contributed by atoms with E-state index in [-0.39, 0.29) is 24.2 Å². The van der Waals surface area contributed by atoms with Crippen molar-refractivity contribution in [1.82, 2.24) is 5.32 Å². The Morgan fingerprint density at radius 1 is 1.35 bits per heavy atom. The number of nitrogens with one attached hydrogen (secondary N) is 2. The molecule has 20 heavy (non-hydrogen) atoms. The van der Waals surface area contributed by atoms with E-state index in [4.69, 9.17) is 11.6 Å². The van der Waals surface area contributed by atoms with Crippen molar-refractivity contribution in [2.75, 3.05) is 18.9 Å². The van der Waals surface area contributed by atoms with Crippen LogP contribution in [0, 0.1) is 5.92 Å². The highest BCUT2D eigenvalue weighted by Crippen LogP contribution is 2.32. The molecule has 0 spiro atoms. The molecule has 0 fully saturated rings. The molecule has 1 aromatic carbocycles. The smallest absolute Gasteiger partial charge is 0.228 e. The van der Waals surface area contributed by atoms with Gasteiger partial charge in [-0.1, -0.05) is 32.4 Å². The highest BCUT2D eigenvalue weighted by atomic mass is 35.5. The normalized spacial score (nSPS) is 11.9. The predicted molar refractivity (Wildman–Crippen MR) is 91.4 cm³/mol. The van der Waals surface area contributed by atoms with Crippen LogP contribution in [0.5, 0.6) is 0 Å². The van der Waals surface area contributed by atoms with Crippen molar-refractivity contribution >= 4 is 47.4 Å². The molecule has 0 radical (unpaired) electrons. The van der Waals surface area contributed by atoms with Gasteiger partial charge in [0.15, 0.2) is 0 Å². The molecule has 3 nitrogen and oxygen atoms in total. The van der Waals surface area contributed by atoms with E-state index in [9.17, 15) is 4.79 Å². The van der Waals surface area contributed by atoms with E-state index in [0.717, 1.165) is 10.6 Å². The van der Waals surface area contributed by atoms with Crippen LogP contribution in [0.4, 0.5) is 5.69 Å². The van der Waals surface area contributed by atoms with Crippen molar-refractivity contribution in [3.05, 3.63) is 23.2 Å². The summed E-state index contributed by atoms with van der Waals surface area (Å²) in [4.78, 5) is 13.1. The first-order valence-corrected chi connectivity index (χ1v) is 7.61. The van der Waals surface area contributed by atoms with Crippen LogP contribution in [0.3, 0.4) is 0 Å². The highest BCUT2D eigenvalue weighted by Gasteiger charge is 2.14. The molecule has 0 saturated heterocycles. The van der Waals surface area contributed by atoms with Crippen molar-refractivity contribution in [3.8, 4) is 0 Å². The lowest BCUT2D eigenvalue weighted by Crippen LogP contribution is -2.28. The van der Waals surface area contributed by atoms with E-state index in [1.807, 2.05) is 26.1 Å². The zero-order chi connectivity index (χ0) is 14.4. The fourth-order valence-corrected chi connectivity index (χ4v) is 2.67. The molecule has 0 heterocycles. The van der Waals surface area contributed by atoms with Gasteiger partial charge in [0.2, 0.25) is 5.91 Å². The lowest BCUT2D eigenvalue weighted by Gasteiger charge is -2.15. The Labute approximate surface area is 136 Å². The fraction of sp³-hybridized carbons (Fsp3) is 0.500. The summed E-state index contributed by atoms with van der Waals surface area (Å²) in [6, 6.07) is 5.60. The number of carbonyl (C=O) groups is 1. The van der Waals surface area contributed by atoms with Gasteiger partial charge in [-0.05, 0) is 25.2 Å². The number of carbonyl (C=O) groups excluding carboxylic acids is 1. The van der Waals surface area contributed by atoms with Gasteiger partial charge in [-0.25, -0.2) is 0 Å². The summed E-state index contributed by atoms with van der Waals surface area (Å²) in [6.07, 6.45) is 0. The van der Waals surface area contributed by atoms with Gasteiger partial charge in [-0.2, -0.15) is 0 Å². The zero-order valence-electron chi connectivity index (χ0n) is 12.2. The molecule has 1 amide bonds. The van der Waals surface area contributed by atoms with Gasteiger partial charge in [0.25, 0.3) is 0 Å². The third kappa shape index (κ3) is 6.35. The predicted octanol–water partition coefficient (Wildman–Crippen LogP) is 4.06. The first kappa shape index (κ1) is 19.6. The molecule has 0 aromatic heterocycles. The van der Waals surface area contributed by atoms with Crippen molar-refractivity contribution < 1.29 is 4.79 Å². The third-order valence-corrected chi connectivity index (χ3v) is 3.84. The summed E-state index contributed by atoms with van der Waals surface area (Å²) in [6.45, 7) is 6.79. The van der Waals surface area contributed by atoms with Crippen LogP contribution in [0.2, 0.25) is 5.02 Å². The van der Waals surface area contributed by atoms with E-state index in [2.05, 4.69) is 24.5 Å². The monoisotopic (exact) mass is 336 g/mol. The Morgan fingerprint density at radius 3 is 2.55 bits per heavy atom. The minimum absolute atomic E-state index is 0. The molecule has 1 unspecified atom stereocenters. The quantitative estimate of drug-likeness (QED) is 0.769. The molecule has 0 aliphatic carbocycles. The summed E-state index contributed by atoms with van der Waals surface area (Å²) < 4.78 is 0. The number of thioether (sulfide) groups is 1. The minimum atomic E-state index is -0.0825. The highest BCUT2D eigenvalue weighted by molar-refractivity contribution is 8.00. The number of halogens is 2. The summed E-state index contributed by atoms with van der Waals surface area (Å²) >= 11 is 7.72. The number of anilines is 1. The van der Waals surface area contributed by atoms with Crippen LogP contribution in [-0.2, 0) is 4.79 Å². The molecule has 1 atom stereocenters. The van der Waals surface area contributed by atoms with E-state index in [1.165, 1.54) is 0 Å². The van der Waals surface area contributed by atoms with Crippen molar-refractivity contribution in [1.29, 1.82) is 0 Å². The Hall–Kier alpha value is -0.420. The number of benzene rings is 1. The van der Waals surface area contributed by atoms with Crippen molar-refractivity contribution in [2.45, 2.75) is 30.9 Å². The third-order valence-electron chi connectivity index (χ3n) is 2.52. The van der Waals surface area contributed by atoms with E-state index >= 15 is 0 Å². The van der Waals surface area contributed by atoms with Gasteiger partial charge < -0.3 is 10.6 Å². The van der Waals surface area contributed by atoms with Gasteiger partial charge >= 0.3 is 0 Å². The van der Waals surface area contributed by atoms with E-state index in [0.29, 0.717) is 16.8 Å². The number of hydrogen-bond acceptors (Lipinski definition) is 3. The fourth-order valence-electron chi connectivity index (χ4n) is 1.61. The van der Waals surface area contributed by atoms with Crippen molar-refractivity contribution in [3.63, 3.8) is 0 Å². The summed E-state index contributed by atoms with van der Waals surface area (Å²) in [5.41, 5.74) is 0.791. The Bertz CT molecular complexity index is 441. The van der Waals surface area contributed by atoms with Crippen LogP contribution in [0.1, 0.15) is 20.8 Å². The Kier molecular flexibility index (Phi) is 9.30. The SMILES string of the molecule is CNCC(C)C(=O)Nc1cc(Cl)ccc1SC(C)C.Cl. The molecule has 114 valence electrons. The second-order valence-corrected chi connectivity index (χ2v) is 6.81. The molecule has 0 saturated carbocycles. The topological polar surface area (TPSA) is 41.1 Å². The lowest BCUT2D eigenvalue weighted by atomic mass is 10.1. The average Bonchev–Trinajstić information content (AvgIpc) is 2.32. The maximum Gasteiger partial charge on any atom is 0.228 e. The summed E-state index contributed by atoms with van der Waals surface area (Å²) in [5.74, 6) is -0.0805. The molecule has 0 aliphatic rings. The average molecular weight is 337 g/mol. The van der Waals surface area contributed by atoms with Gasteiger partial charge in [0.1, 0.15) is 0 Å². The van der Waals surface area contributed by atoms with Gasteiger partial charge in [0, 0.05) is 27.6 Å². The molecular formula is C14H22Cl2N2OS. The molecule has 1 aromatic rings. The van der Waals surface area contributed by atoms with Gasteiger partial charge in [-0.3, -0.25) is 4.79 Å². The van der Waals surface area contributed by atoms with E-state index in [1.54, 1.807) is 17.8 Å².